The molecule has 1 saturated heterocycles. The van der Waals surface area contributed by atoms with Gasteiger partial charge in [-0.05, 0) is 57.9 Å². The number of alkyl carbamates (subject to hydrolysis) is 1. The van der Waals surface area contributed by atoms with Gasteiger partial charge in [0.25, 0.3) is 0 Å². The molecule has 1 saturated carbocycles. The number of carbonyl (C=O) groups is 1. The van der Waals surface area contributed by atoms with Gasteiger partial charge < -0.3 is 10.1 Å². The number of nitrogens with one attached hydrogen (secondary N) is 1. The van der Waals surface area contributed by atoms with Crippen LogP contribution in [-0.2, 0) is 11.3 Å². The van der Waals surface area contributed by atoms with Crippen molar-refractivity contribution in [1.82, 2.24) is 10.2 Å². The lowest BCUT2D eigenvalue weighted by Crippen LogP contribution is -2.47. The van der Waals surface area contributed by atoms with Gasteiger partial charge in [0.1, 0.15) is 5.60 Å². The third kappa shape index (κ3) is 4.29. The van der Waals surface area contributed by atoms with Crippen molar-refractivity contribution in [3.63, 3.8) is 0 Å². The quantitative estimate of drug-likeness (QED) is 0.916. The summed E-state index contributed by atoms with van der Waals surface area (Å²) in [5.41, 5.74) is 0.810. The molecular weight excluding hydrogens is 300 g/mol. The summed E-state index contributed by atoms with van der Waals surface area (Å²) >= 11 is 0. The Balaban J connectivity index is 1.52. The molecule has 1 unspecified atom stereocenters. The first-order valence-corrected chi connectivity index (χ1v) is 9.00. The lowest BCUT2D eigenvalue weighted by atomic mass is 9.98. The Labute approximate surface area is 145 Å². The van der Waals surface area contributed by atoms with Crippen molar-refractivity contribution in [3.8, 4) is 0 Å². The number of rotatable bonds is 3. The van der Waals surface area contributed by atoms with Crippen molar-refractivity contribution in [3.05, 3.63) is 35.9 Å². The minimum atomic E-state index is -0.443. The number of ether oxygens (including phenoxy) is 1. The lowest BCUT2D eigenvalue weighted by Gasteiger charge is -2.30. The molecule has 1 heterocycles. The predicted molar refractivity (Wildman–Crippen MR) is 95.7 cm³/mol. The molecule has 4 nitrogen and oxygen atoms in total. The van der Waals surface area contributed by atoms with Crippen LogP contribution in [0.3, 0.4) is 0 Å². The summed E-state index contributed by atoms with van der Waals surface area (Å²) in [6, 6.07) is 10.7. The number of likely N-dealkylation sites (tertiary alicyclic amines) is 1. The summed E-state index contributed by atoms with van der Waals surface area (Å²) in [5.74, 6) is 1.35. The number of hydrogen-bond donors (Lipinski definition) is 1. The molecule has 1 N–H and O–H groups in total. The van der Waals surface area contributed by atoms with Crippen LogP contribution >= 0.6 is 0 Å². The molecule has 0 spiro atoms. The third-order valence-electron chi connectivity index (χ3n) is 5.13. The molecule has 2 fully saturated rings. The van der Waals surface area contributed by atoms with Crippen LogP contribution < -0.4 is 5.32 Å². The standard InChI is InChI=1S/C20H30N2O2/c1-19(2,3)24-18(23)21-20(4)10-16-13-22(14-17(16)11-20)12-15-8-6-5-7-9-15/h5-9,16-17H,10-14H2,1-4H3,(H,21,23)/t16-,17+,20?. The van der Waals surface area contributed by atoms with E-state index in [1.54, 1.807) is 0 Å². The highest BCUT2D eigenvalue weighted by atomic mass is 16.6. The summed E-state index contributed by atoms with van der Waals surface area (Å²) in [6.45, 7) is 11.2. The van der Waals surface area contributed by atoms with Crippen LogP contribution in [-0.4, -0.2) is 35.2 Å². The van der Waals surface area contributed by atoms with Crippen LogP contribution in [0.4, 0.5) is 4.79 Å². The molecule has 3 rings (SSSR count). The van der Waals surface area contributed by atoms with E-state index in [0.717, 1.165) is 32.5 Å². The topological polar surface area (TPSA) is 41.6 Å². The van der Waals surface area contributed by atoms with Crippen molar-refractivity contribution in [2.75, 3.05) is 13.1 Å². The van der Waals surface area contributed by atoms with Gasteiger partial charge in [-0.3, -0.25) is 4.90 Å². The zero-order valence-electron chi connectivity index (χ0n) is 15.3. The third-order valence-corrected chi connectivity index (χ3v) is 5.13. The minimum Gasteiger partial charge on any atom is -0.444 e. The Hall–Kier alpha value is -1.55. The van der Waals surface area contributed by atoms with Gasteiger partial charge >= 0.3 is 6.09 Å². The largest absolute Gasteiger partial charge is 0.444 e. The number of hydrogen-bond acceptors (Lipinski definition) is 3. The van der Waals surface area contributed by atoms with Crippen molar-refractivity contribution < 1.29 is 9.53 Å². The van der Waals surface area contributed by atoms with Crippen molar-refractivity contribution >= 4 is 6.09 Å². The summed E-state index contributed by atoms with van der Waals surface area (Å²) < 4.78 is 5.43. The Bertz CT molecular complexity index is 565. The van der Waals surface area contributed by atoms with E-state index in [-0.39, 0.29) is 11.6 Å². The van der Waals surface area contributed by atoms with E-state index >= 15 is 0 Å². The van der Waals surface area contributed by atoms with Gasteiger partial charge in [-0.25, -0.2) is 4.79 Å². The van der Waals surface area contributed by atoms with E-state index in [1.807, 2.05) is 20.8 Å². The minimum absolute atomic E-state index is 0.128. The molecule has 0 radical (unpaired) electrons. The van der Waals surface area contributed by atoms with Gasteiger partial charge in [-0.1, -0.05) is 30.3 Å². The molecule has 1 aliphatic heterocycles. The van der Waals surface area contributed by atoms with Gasteiger partial charge in [0.2, 0.25) is 0 Å². The SMILES string of the molecule is CC1(NC(=O)OC(C)(C)C)C[C@H]2CN(Cc3ccccc3)C[C@H]2C1. The summed E-state index contributed by atoms with van der Waals surface area (Å²) in [7, 11) is 0. The maximum atomic E-state index is 12.1. The number of nitrogens with zero attached hydrogens (tertiary/aromatic N) is 1. The Morgan fingerprint density at radius 1 is 1.21 bits per heavy atom. The fourth-order valence-electron chi connectivity index (χ4n) is 4.36. The van der Waals surface area contributed by atoms with E-state index < -0.39 is 5.60 Å². The van der Waals surface area contributed by atoms with Gasteiger partial charge in [0.05, 0.1) is 0 Å². The van der Waals surface area contributed by atoms with E-state index in [9.17, 15) is 4.79 Å². The fraction of sp³-hybridized carbons (Fsp3) is 0.650. The average molecular weight is 330 g/mol. The van der Waals surface area contributed by atoms with Gasteiger partial charge in [-0.2, -0.15) is 0 Å². The second-order valence-electron chi connectivity index (χ2n) is 8.80. The second kappa shape index (κ2) is 6.40. The first kappa shape index (κ1) is 17.3. The zero-order chi connectivity index (χ0) is 17.4. The molecule has 0 aromatic heterocycles. The molecule has 4 heteroatoms. The van der Waals surface area contributed by atoms with Crippen LogP contribution in [0.25, 0.3) is 0 Å². The lowest BCUT2D eigenvalue weighted by molar-refractivity contribution is 0.0460. The van der Waals surface area contributed by atoms with E-state index in [0.29, 0.717) is 11.8 Å². The number of fused-ring (bicyclic) bond motifs is 1. The predicted octanol–water partition coefficient (Wildman–Crippen LogP) is 3.81. The maximum absolute atomic E-state index is 12.1. The maximum Gasteiger partial charge on any atom is 0.408 e. The Morgan fingerprint density at radius 3 is 2.33 bits per heavy atom. The molecule has 3 atom stereocenters. The summed E-state index contributed by atoms with van der Waals surface area (Å²) in [6.07, 6.45) is 1.80. The number of amides is 1. The Morgan fingerprint density at radius 2 is 1.79 bits per heavy atom. The average Bonchev–Trinajstić information content (AvgIpc) is 2.91. The summed E-state index contributed by atoms with van der Waals surface area (Å²) in [4.78, 5) is 14.7. The van der Waals surface area contributed by atoms with Crippen LogP contribution in [0, 0.1) is 11.8 Å². The molecule has 1 amide bonds. The molecule has 0 bridgehead atoms. The fourth-order valence-corrected chi connectivity index (χ4v) is 4.36. The van der Waals surface area contributed by atoms with Crippen molar-refractivity contribution in [2.24, 2.45) is 11.8 Å². The summed E-state index contributed by atoms with van der Waals surface area (Å²) in [5, 5.41) is 3.13. The van der Waals surface area contributed by atoms with Crippen LogP contribution in [0.5, 0.6) is 0 Å². The smallest absolute Gasteiger partial charge is 0.408 e. The molecule has 1 aromatic carbocycles. The molecule has 24 heavy (non-hydrogen) atoms. The number of benzene rings is 1. The van der Waals surface area contributed by atoms with Crippen LogP contribution in [0.2, 0.25) is 0 Å². The van der Waals surface area contributed by atoms with Gasteiger partial charge in [0, 0.05) is 25.2 Å². The van der Waals surface area contributed by atoms with E-state index in [1.165, 1.54) is 5.56 Å². The normalized spacial score (nSPS) is 30.2. The van der Waals surface area contributed by atoms with Crippen LogP contribution in [0.1, 0.15) is 46.1 Å². The highest BCUT2D eigenvalue weighted by Gasteiger charge is 2.47. The van der Waals surface area contributed by atoms with Gasteiger partial charge in [0.15, 0.2) is 0 Å². The zero-order valence-corrected chi connectivity index (χ0v) is 15.3. The van der Waals surface area contributed by atoms with Crippen LogP contribution in [0.15, 0.2) is 30.3 Å². The second-order valence-corrected chi connectivity index (χ2v) is 8.80. The monoisotopic (exact) mass is 330 g/mol. The molecule has 132 valence electrons. The molecule has 2 aliphatic rings. The number of carbonyl (C=O) groups excluding carboxylic acids is 1. The first-order valence-electron chi connectivity index (χ1n) is 9.00. The van der Waals surface area contributed by atoms with Gasteiger partial charge in [-0.15, -0.1) is 0 Å². The van der Waals surface area contributed by atoms with E-state index in [4.69, 9.17) is 4.74 Å². The van der Waals surface area contributed by atoms with E-state index in [2.05, 4.69) is 47.5 Å². The molecule has 1 aliphatic carbocycles. The first-order chi connectivity index (χ1) is 11.2. The highest BCUT2D eigenvalue weighted by Crippen LogP contribution is 2.44. The van der Waals surface area contributed by atoms with Crippen molar-refractivity contribution in [2.45, 2.75) is 58.2 Å². The highest BCUT2D eigenvalue weighted by molar-refractivity contribution is 5.68. The molecule has 1 aromatic rings. The Kier molecular flexibility index (Phi) is 4.60. The van der Waals surface area contributed by atoms with Crippen molar-refractivity contribution in [1.29, 1.82) is 0 Å². The molecular formula is C20H30N2O2.